The first-order chi connectivity index (χ1) is 4.97. The van der Waals surface area contributed by atoms with E-state index in [1.54, 1.807) is 6.34 Å². The highest BCUT2D eigenvalue weighted by Crippen LogP contribution is 2.11. The molecule has 0 bridgehead atoms. The number of anilines is 1. The van der Waals surface area contributed by atoms with Gasteiger partial charge < -0.3 is 4.90 Å². The Morgan fingerprint density at radius 3 is 3.20 bits per heavy atom. The van der Waals surface area contributed by atoms with Gasteiger partial charge in [-0.25, -0.2) is 0 Å². The molecular weight excluding hydrogens is 148 g/mol. The normalized spacial score (nSPS) is 16.6. The van der Waals surface area contributed by atoms with Gasteiger partial charge in [0.2, 0.25) is 0 Å². The maximum Gasteiger partial charge on any atom is 0.169 e. The molecule has 0 saturated heterocycles. The van der Waals surface area contributed by atoms with E-state index in [4.69, 9.17) is 0 Å². The fourth-order valence-corrected chi connectivity index (χ4v) is 1.29. The summed E-state index contributed by atoms with van der Waals surface area (Å²) in [5, 5.41) is 5.82. The molecule has 5 heteroatoms. The third-order valence-corrected chi connectivity index (χ3v) is 1.83. The average Bonchev–Trinajstić information content (AvgIpc) is 2.59. The number of rotatable bonds is 1. The summed E-state index contributed by atoms with van der Waals surface area (Å²) >= 11 is 1.36. The Balaban J connectivity index is 2.20. The van der Waals surface area contributed by atoms with E-state index in [0.29, 0.717) is 0 Å². The minimum absolute atomic E-state index is 0.873. The molecule has 0 saturated carbocycles. The van der Waals surface area contributed by atoms with Crippen LogP contribution in [-0.2, 0) is 0 Å². The van der Waals surface area contributed by atoms with Gasteiger partial charge >= 0.3 is 0 Å². The quantitative estimate of drug-likeness (QED) is 0.587. The number of hydrogen-bond acceptors (Lipinski definition) is 5. The molecule has 4 nitrogen and oxygen atoms in total. The van der Waals surface area contributed by atoms with E-state index in [9.17, 15) is 0 Å². The molecule has 0 amide bonds. The van der Waals surface area contributed by atoms with Crippen LogP contribution in [-0.4, -0.2) is 29.0 Å². The minimum atomic E-state index is 0.873. The van der Waals surface area contributed by atoms with Gasteiger partial charge in [0.1, 0.15) is 0 Å². The van der Waals surface area contributed by atoms with Gasteiger partial charge in [-0.15, -0.1) is 5.10 Å². The van der Waals surface area contributed by atoms with E-state index in [0.717, 1.165) is 18.9 Å². The Bertz CT molecular complexity index is 230. The summed E-state index contributed by atoms with van der Waals surface area (Å²) in [5.41, 5.74) is 0. The lowest BCUT2D eigenvalue weighted by molar-refractivity contribution is 0.988. The summed E-state index contributed by atoms with van der Waals surface area (Å²) in [6.45, 7) is 1.81. The standard InChI is InChI=1S/C5H6N4S/c1-2-9(4-6-1)5-3-10-8-7-5/h3-4H,1-2H2. The zero-order valence-electron chi connectivity index (χ0n) is 5.27. The first-order valence-electron chi connectivity index (χ1n) is 3.00. The summed E-state index contributed by atoms with van der Waals surface area (Å²) in [6.07, 6.45) is 1.80. The Hall–Kier alpha value is -0.970. The maximum absolute atomic E-state index is 4.06. The van der Waals surface area contributed by atoms with Crippen molar-refractivity contribution >= 4 is 23.7 Å². The number of hydrogen-bond donors (Lipinski definition) is 0. The molecule has 2 heterocycles. The number of aromatic nitrogens is 2. The second-order valence-corrected chi connectivity index (χ2v) is 2.59. The molecule has 1 aromatic rings. The summed E-state index contributed by atoms with van der Waals surface area (Å²) in [5.74, 6) is 0.909. The Kier molecular flexibility index (Phi) is 1.35. The second-order valence-electron chi connectivity index (χ2n) is 1.98. The largest absolute Gasteiger partial charge is 0.313 e. The van der Waals surface area contributed by atoms with Crippen LogP contribution in [0.5, 0.6) is 0 Å². The molecule has 0 atom stereocenters. The van der Waals surface area contributed by atoms with Crippen LogP contribution in [0.15, 0.2) is 10.4 Å². The highest BCUT2D eigenvalue weighted by Gasteiger charge is 2.09. The molecule has 0 aliphatic carbocycles. The highest BCUT2D eigenvalue weighted by molar-refractivity contribution is 7.03. The van der Waals surface area contributed by atoms with Crippen molar-refractivity contribution in [3.8, 4) is 0 Å². The summed E-state index contributed by atoms with van der Waals surface area (Å²) in [6, 6.07) is 0. The van der Waals surface area contributed by atoms with Crippen molar-refractivity contribution < 1.29 is 0 Å². The van der Waals surface area contributed by atoms with Crippen LogP contribution in [0.25, 0.3) is 0 Å². The Morgan fingerprint density at radius 2 is 2.60 bits per heavy atom. The van der Waals surface area contributed by atoms with Crippen molar-refractivity contribution in [1.82, 2.24) is 9.59 Å². The van der Waals surface area contributed by atoms with E-state index >= 15 is 0 Å². The van der Waals surface area contributed by atoms with E-state index in [1.165, 1.54) is 11.5 Å². The molecule has 0 N–H and O–H groups in total. The van der Waals surface area contributed by atoms with Gasteiger partial charge in [-0.1, -0.05) is 4.49 Å². The minimum Gasteiger partial charge on any atom is -0.313 e. The Morgan fingerprint density at radius 1 is 1.60 bits per heavy atom. The van der Waals surface area contributed by atoms with Gasteiger partial charge in [0, 0.05) is 6.54 Å². The lowest BCUT2D eigenvalue weighted by Crippen LogP contribution is -2.18. The molecule has 0 aromatic carbocycles. The summed E-state index contributed by atoms with van der Waals surface area (Å²) in [4.78, 5) is 6.05. The molecule has 52 valence electrons. The molecule has 0 fully saturated rings. The van der Waals surface area contributed by atoms with Crippen LogP contribution in [0.2, 0.25) is 0 Å². The van der Waals surface area contributed by atoms with E-state index in [1.807, 2.05) is 10.3 Å². The highest BCUT2D eigenvalue weighted by atomic mass is 32.1. The zero-order chi connectivity index (χ0) is 6.81. The van der Waals surface area contributed by atoms with Crippen molar-refractivity contribution in [1.29, 1.82) is 0 Å². The van der Waals surface area contributed by atoms with Crippen LogP contribution in [0.3, 0.4) is 0 Å². The predicted octanol–water partition coefficient (Wildman–Crippen LogP) is 0.386. The van der Waals surface area contributed by atoms with E-state index in [-0.39, 0.29) is 0 Å². The third kappa shape index (κ3) is 0.881. The van der Waals surface area contributed by atoms with Gasteiger partial charge in [-0.05, 0) is 11.5 Å². The van der Waals surface area contributed by atoms with Crippen LogP contribution < -0.4 is 4.90 Å². The van der Waals surface area contributed by atoms with Crippen LogP contribution in [0, 0.1) is 0 Å². The van der Waals surface area contributed by atoms with Gasteiger partial charge in [-0.3, -0.25) is 4.99 Å². The molecule has 0 spiro atoms. The van der Waals surface area contributed by atoms with Gasteiger partial charge in [-0.2, -0.15) is 0 Å². The SMILES string of the molecule is C1=NCCN1c1csnn1. The molecule has 2 rings (SSSR count). The lowest BCUT2D eigenvalue weighted by Gasteiger charge is -2.06. The van der Waals surface area contributed by atoms with Crippen molar-refractivity contribution in [2.75, 3.05) is 18.0 Å². The lowest BCUT2D eigenvalue weighted by atomic mass is 10.6. The molecular formula is C5H6N4S. The van der Waals surface area contributed by atoms with Gasteiger partial charge in [0.05, 0.1) is 18.3 Å². The van der Waals surface area contributed by atoms with Crippen LogP contribution in [0.4, 0.5) is 5.82 Å². The molecule has 1 aromatic heterocycles. The topological polar surface area (TPSA) is 41.4 Å². The molecule has 10 heavy (non-hydrogen) atoms. The summed E-state index contributed by atoms with van der Waals surface area (Å²) < 4.78 is 3.76. The summed E-state index contributed by atoms with van der Waals surface area (Å²) in [7, 11) is 0. The van der Waals surface area contributed by atoms with Gasteiger partial charge in [0.15, 0.2) is 5.82 Å². The third-order valence-electron chi connectivity index (χ3n) is 1.33. The molecule has 1 aliphatic rings. The van der Waals surface area contributed by atoms with Crippen molar-refractivity contribution in [2.45, 2.75) is 0 Å². The molecule has 0 unspecified atom stereocenters. The number of nitrogens with zero attached hydrogens (tertiary/aromatic N) is 4. The van der Waals surface area contributed by atoms with Crippen LogP contribution in [0.1, 0.15) is 0 Å². The van der Waals surface area contributed by atoms with Crippen molar-refractivity contribution in [3.63, 3.8) is 0 Å². The fourth-order valence-electron chi connectivity index (χ4n) is 0.838. The smallest absolute Gasteiger partial charge is 0.169 e. The molecule has 1 aliphatic heterocycles. The van der Waals surface area contributed by atoms with Gasteiger partial charge in [0.25, 0.3) is 0 Å². The first-order valence-corrected chi connectivity index (χ1v) is 3.84. The van der Waals surface area contributed by atoms with Crippen molar-refractivity contribution in [2.24, 2.45) is 4.99 Å². The zero-order valence-corrected chi connectivity index (χ0v) is 6.08. The van der Waals surface area contributed by atoms with E-state index in [2.05, 4.69) is 14.6 Å². The fraction of sp³-hybridized carbons (Fsp3) is 0.400. The van der Waals surface area contributed by atoms with E-state index < -0.39 is 0 Å². The maximum atomic E-state index is 4.06. The number of aliphatic imine (C=N–C) groups is 1. The first kappa shape index (κ1) is 5.79. The second kappa shape index (κ2) is 2.34. The molecule has 0 radical (unpaired) electrons. The van der Waals surface area contributed by atoms with Crippen LogP contribution >= 0.6 is 11.5 Å². The predicted molar refractivity (Wildman–Crippen MR) is 40.6 cm³/mol. The average molecular weight is 154 g/mol. The monoisotopic (exact) mass is 154 g/mol. The Labute approximate surface area is 62.4 Å². The van der Waals surface area contributed by atoms with Crippen molar-refractivity contribution in [3.05, 3.63) is 5.38 Å².